The van der Waals surface area contributed by atoms with Gasteiger partial charge >= 0.3 is 5.97 Å². The minimum Gasteiger partial charge on any atom is -0.457 e. The van der Waals surface area contributed by atoms with Gasteiger partial charge < -0.3 is 10.5 Å². The van der Waals surface area contributed by atoms with Gasteiger partial charge in [-0.3, -0.25) is 9.78 Å². The van der Waals surface area contributed by atoms with Crippen molar-refractivity contribution >= 4 is 22.8 Å². The summed E-state index contributed by atoms with van der Waals surface area (Å²) >= 11 is 0. The summed E-state index contributed by atoms with van der Waals surface area (Å²) in [6, 6.07) is 14.2. The molecule has 2 N–H and O–H groups in total. The Morgan fingerprint density at radius 3 is 2.44 bits per heavy atom. The van der Waals surface area contributed by atoms with Crippen LogP contribution in [0.4, 0.5) is 0 Å². The number of aryl methyl sites for hydroxylation is 2. The number of aromatic nitrogens is 1. The van der Waals surface area contributed by atoms with E-state index in [0.717, 1.165) is 27.7 Å². The van der Waals surface area contributed by atoms with Gasteiger partial charge in [-0.1, -0.05) is 23.8 Å². The van der Waals surface area contributed by atoms with Crippen molar-refractivity contribution in [2.45, 2.75) is 20.5 Å². The largest absolute Gasteiger partial charge is 0.457 e. The lowest BCUT2D eigenvalue weighted by atomic mass is 10.1. The third-order valence-corrected chi connectivity index (χ3v) is 3.92. The summed E-state index contributed by atoms with van der Waals surface area (Å²) in [5.74, 6) is -0.891. The highest BCUT2D eigenvalue weighted by atomic mass is 16.5. The maximum atomic E-state index is 12.5. The third kappa shape index (κ3) is 3.66. The van der Waals surface area contributed by atoms with Crippen LogP contribution in [0.2, 0.25) is 0 Å². The molecule has 0 fully saturated rings. The van der Waals surface area contributed by atoms with Gasteiger partial charge in [-0.05, 0) is 49.7 Å². The van der Waals surface area contributed by atoms with Gasteiger partial charge in [0.25, 0.3) is 0 Å². The Hall–Kier alpha value is -3.21. The van der Waals surface area contributed by atoms with E-state index in [1.165, 1.54) is 0 Å². The van der Waals surface area contributed by atoms with E-state index in [9.17, 15) is 9.59 Å². The molecule has 0 aliphatic carbocycles. The van der Waals surface area contributed by atoms with Crippen molar-refractivity contribution in [1.29, 1.82) is 0 Å². The zero-order chi connectivity index (χ0) is 18.0. The van der Waals surface area contributed by atoms with E-state index >= 15 is 0 Å². The van der Waals surface area contributed by atoms with Crippen LogP contribution in [0.15, 0.2) is 48.5 Å². The maximum absolute atomic E-state index is 12.5. The summed E-state index contributed by atoms with van der Waals surface area (Å²) in [7, 11) is 0. The smallest absolute Gasteiger partial charge is 0.339 e. The molecule has 0 saturated heterocycles. The number of benzene rings is 2. The van der Waals surface area contributed by atoms with Crippen molar-refractivity contribution < 1.29 is 14.3 Å². The molecule has 126 valence electrons. The molecule has 1 amide bonds. The van der Waals surface area contributed by atoms with E-state index in [-0.39, 0.29) is 6.61 Å². The molecule has 5 nitrogen and oxygen atoms in total. The van der Waals surface area contributed by atoms with Gasteiger partial charge in [0, 0.05) is 16.6 Å². The first kappa shape index (κ1) is 16.6. The van der Waals surface area contributed by atoms with Crippen molar-refractivity contribution in [3.05, 3.63) is 76.5 Å². The number of amides is 1. The number of esters is 1. The summed E-state index contributed by atoms with van der Waals surface area (Å²) in [4.78, 5) is 28.1. The molecule has 0 aliphatic heterocycles. The highest BCUT2D eigenvalue weighted by Gasteiger charge is 2.14. The zero-order valence-electron chi connectivity index (χ0n) is 14.1. The van der Waals surface area contributed by atoms with E-state index in [1.807, 2.05) is 32.0 Å². The Bertz CT molecular complexity index is 963. The van der Waals surface area contributed by atoms with Crippen molar-refractivity contribution in [1.82, 2.24) is 4.98 Å². The number of nitrogens with zero attached hydrogens (tertiary/aromatic N) is 1. The summed E-state index contributed by atoms with van der Waals surface area (Å²) < 4.78 is 5.43. The average Bonchev–Trinajstić information content (AvgIpc) is 2.59. The van der Waals surface area contributed by atoms with E-state index in [1.54, 1.807) is 30.3 Å². The fraction of sp³-hybridized carbons (Fsp3) is 0.150. The number of hydrogen-bond acceptors (Lipinski definition) is 4. The molecule has 5 heteroatoms. The molecule has 0 unspecified atom stereocenters. The number of carbonyl (C=O) groups is 2. The number of pyridine rings is 1. The van der Waals surface area contributed by atoms with E-state index in [0.29, 0.717) is 11.1 Å². The molecule has 25 heavy (non-hydrogen) atoms. The Morgan fingerprint density at radius 1 is 1.04 bits per heavy atom. The van der Waals surface area contributed by atoms with Crippen LogP contribution in [0.25, 0.3) is 10.9 Å². The minimum atomic E-state index is -0.488. The predicted octanol–water partition coefficient (Wildman–Crippen LogP) is 3.31. The van der Waals surface area contributed by atoms with Crippen LogP contribution in [0.1, 0.15) is 37.5 Å². The molecular weight excluding hydrogens is 316 g/mol. The second kappa shape index (κ2) is 6.73. The highest BCUT2D eigenvalue weighted by molar-refractivity contribution is 6.03. The lowest BCUT2D eigenvalue weighted by molar-refractivity contribution is 0.0474. The summed E-state index contributed by atoms with van der Waals surface area (Å²) in [6.45, 7) is 3.93. The van der Waals surface area contributed by atoms with Crippen molar-refractivity contribution in [2.24, 2.45) is 5.73 Å². The SMILES string of the molecule is Cc1ccc2nc(C)cc(C(=O)OCc3ccc(C(N)=O)cc3)c2c1. The first-order valence-corrected chi connectivity index (χ1v) is 7.88. The van der Waals surface area contributed by atoms with Gasteiger partial charge in [-0.2, -0.15) is 0 Å². The second-order valence-electron chi connectivity index (χ2n) is 5.97. The Kier molecular flexibility index (Phi) is 4.48. The molecule has 1 heterocycles. The Labute approximate surface area is 145 Å². The highest BCUT2D eigenvalue weighted by Crippen LogP contribution is 2.21. The number of ether oxygens (including phenoxy) is 1. The van der Waals surface area contributed by atoms with E-state index in [2.05, 4.69) is 4.98 Å². The molecule has 3 rings (SSSR count). The predicted molar refractivity (Wildman–Crippen MR) is 95.3 cm³/mol. The fourth-order valence-corrected chi connectivity index (χ4v) is 2.63. The van der Waals surface area contributed by atoms with Gasteiger partial charge in [0.1, 0.15) is 6.61 Å². The molecule has 3 aromatic rings. The molecular formula is C20H18N2O3. The summed E-state index contributed by atoms with van der Waals surface area (Å²) in [5.41, 5.74) is 9.49. The van der Waals surface area contributed by atoms with Crippen molar-refractivity contribution in [3.63, 3.8) is 0 Å². The van der Waals surface area contributed by atoms with Gasteiger partial charge in [-0.15, -0.1) is 0 Å². The molecule has 0 atom stereocenters. The number of rotatable bonds is 4. The number of primary amides is 1. The lowest BCUT2D eigenvalue weighted by Crippen LogP contribution is -2.11. The quantitative estimate of drug-likeness (QED) is 0.742. The standard InChI is InChI=1S/C20H18N2O3/c1-12-3-8-18-16(9-12)17(10-13(2)22-18)20(24)25-11-14-4-6-15(7-5-14)19(21)23/h3-10H,11H2,1-2H3,(H2,21,23). The number of fused-ring (bicyclic) bond motifs is 1. The minimum absolute atomic E-state index is 0.118. The van der Waals surface area contributed by atoms with Gasteiger partial charge in [-0.25, -0.2) is 4.79 Å². The van der Waals surface area contributed by atoms with Crippen LogP contribution in [0, 0.1) is 13.8 Å². The van der Waals surface area contributed by atoms with Gasteiger partial charge in [0.2, 0.25) is 5.91 Å². The second-order valence-corrected chi connectivity index (χ2v) is 5.97. The average molecular weight is 334 g/mol. The maximum Gasteiger partial charge on any atom is 0.339 e. The van der Waals surface area contributed by atoms with Crippen molar-refractivity contribution in [2.75, 3.05) is 0 Å². The van der Waals surface area contributed by atoms with E-state index in [4.69, 9.17) is 10.5 Å². The normalized spacial score (nSPS) is 10.6. The molecule has 0 aliphatic rings. The van der Waals surface area contributed by atoms with Gasteiger partial charge in [0.05, 0.1) is 11.1 Å². The molecule has 0 radical (unpaired) electrons. The van der Waals surface area contributed by atoms with Crippen LogP contribution in [-0.2, 0) is 11.3 Å². The fourth-order valence-electron chi connectivity index (χ4n) is 2.63. The van der Waals surface area contributed by atoms with Crippen molar-refractivity contribution in [3.8, 4) is 0 Å². The topological polar surface area (TPSA) is 82.3 Å². The first-order valence-electron chi connectivity index (χ1n) is 7.88. The third-order valence-electron chi connectivity index (χ3n) is 3.92. The Morgan fingerprint density at radius 2 is 1.76 bits per heavy atom. The molecule has 1 aromatic heterocycles. The molecule has 0 saturated carbocycles. The van der Waals surface area contributed by atoms with Crippen LogP contribution in [-0.4, -0.2) is 16.9 Å². The lowest BCUT2D eigenvalue weighted by Gasteiger charge is -2.09. The molecule has 0 bridgehead atoms. The summed E-state index contributed by atoms with van der Waals surface area (Å²) in [6.07, 6.45) is 0. The molecule has 0 spiro atoms. The monoisotopic (exact) mass is 334 g/mol. The first-order chi connectivity index (χ1) is 11.9. The number of carbonyl (C=O) groups excluding carboxylic acids is 2. The Balaban J connectivity index is 1.82. The van der Waals surface area contributed by atoms with E-state index < -0.39 is 11.9 Å². The number of nitrogens with two attached hydrogens (primary N) is 1. The summed E-state index contributed by atoms with van der Waals surface area (Å²) in [5, 5.41) is 0.777. The number of hydrogen-bond donors (Lipinski definition) is 1. The van der Waals surface area contributed by atoms with Crippen LogP contribution < -0.4 is 5.73 Å². The zero-order valence-corrected chi connectivity index (χ0v) is 14.1. The van der Waals surface area contributed by atoms with Gasteiger partial charge in [0.15, 0.2) is 0 Å². The van der Waals surface area contributed by atoms with Crippen LogP contribution >= 0.6 is 0 Å². The molecule has 2 aromatic carbocycles. The van der Waals surface area contributed by atoms with Crippen LogP contribution in [0.5, 0.6) is 0 Å². The van der Waals surface area contributed by atoms with Crippen LogP contribution in [0.3, 0.4) is 0 Å².